The van der Waals surface area contributed by atoms with Gasteiger partial charge < -0.3 is 9.47 Å². The zero-order chi connectivity index (χ0) is 7.66. The zero-order valence-corrected chi connectivity index (χ0v) is 7.19. The van der Waals surface area contributed by atoms with Gasteiger partial charge in [0, 0.05) is 6.61 Å². The molecule has 0 aromatic carbocycles. The van der Waals surface area contributed by atoms with Crippen LogP contribution < -0.4 is 0 Å². The van der Waals surface area contributed by atoms with Crippen molar-refractivity contribution in [3.05, 3.63) is 0 Å². The van der Waals surface area contributed by atoms with Gasteiger partial charge in [0.2, 0.25) is 0 Å². The predicted molar refractivity (Wildman–Crippen MR) is 42.4 cm³/mol. The highest BCUT2D eigenvalue weighted by molar-refractivity contribution is 6.17. The average Bonchev–Trinajstić information content (AvgIpc) is 1.97. The molecule has 0 aromatic rings. The molecule has 0 atom stereocenters. The first-order valence-electron chi connectivity index (χ1n) is 3.63. The Bertz CT molecular complexity index is 51.6. The molecule has 0 saturated heterocycles. The molecule has 10 heavy (non-hydrogen) atoms. The molecular weight excluding hydrogens is 152 g/mol. The molecule has 0 radical (unpaired) electrons. The molecule has 0 spiro atoms. The van der Waals surface area contributed by atoms with E-state index in [2.05, 4.69) is 6.92 Å². The predicted octanol–water partition coefficient (Wildman–Crippen LogP) is 2.02. The molecule has 0 unspecified atom stereocenters. The zero-order valence-electron chi connectivity index (χ0n) is 6.44. The summed E-state index contributed by atoms with van der Waals surface area (Å²) in [6.07, 6.45) is 2.30. The third kappa shape index (κ3) is 8.21. The van der Waals surface area contributed by atoms with Crippen LogP contribution in [0.3, 0.4) is 0 Å². The summed E-state index contributed by atoms with van der Waals surface area (Å²) in [5.74, 6) is 0. The summed E-state index contributed by atoms with van der Waals surface area (Å²) in [4.78, 5) is 0. The SMILES string of the molecule is CCCCOCCOCCl. The summed E-state index contributed by atoms with van der Waals surface area (Å²) in [5.41, 5.74) is 0. The van der Waals surface area contributed by atoms with Crippen molar-refractivity contribution in [3.63, 3.8) is 0 Å². The summed E-state index contributed by atoms with van der Waals surface area (Å²) in [5, 5.41) is 0. The fourth-order valence-corrected chi connectivity index (χ4v) is 0.630. The van der Waals surface area contributed by atoms with Crippen LogP contribution in [-0.2, 0) is 9.47 Å². The van der Waals surface area contributed by atoms with Crippen LogP contribution in [0.5, 0.6) is 0 Å². The first-order valence-corrected chi connectivity index (χ1v) is 4.16. The minimum atomic E-state index is 0.261. The average molecular weight is 167 g/mol. The van der Waals surface area contributed by atoms with E-state index in [4.69, 9.17) is 21.1 Å². The number of alkyl halides is 1. The molecule has 0 aromatic heterocycles. The standard InChI is InChI=1S/C7H15ClO2/c1-2-3-4-9-5-6-10-7-8/h2-7H2,1H3. The Hall–Kier alpha value is 0.210. The van der Waals surface area contributed by atoms with Gasteiger partial charge in [0.25, 0.3) is 0 Å². The lowest BCUT2D eigenvalue weighted by Gasteiger charge is -2.01. The van der Waals surface area contributed by atoms with Gasteiger partial charge in [-0.1, -0.05) is 24.9 Å². The van der Waals surface area contributed by atoms with Crippen molar-refractivity contribution in [2.75, 3.05) is 25.9 Å². The number of hydrogen-bond acceptors (Lipinski definition) is 2. The summed E-state index contributed by atoms with van der Waals surface area (Å²) < 4.78 is 10.0. The smallest absolute Gasteiger partial charge is 0.120 e. The second-order valence-electron chi connectivity index (χ2n) is 1.98. The van der Waals surface area contributed by atoms with E-state index in [-0.39, 0.29) is 6.07 Å². The van der Waals surface area contributed by atoms with Gasteiger partial charge >= 0.3 is 0 Å². The molecule has 0 heterocycles. The van der Waals surface area contributed by atoms with E-state index in [1.807, 2.05) is 0 Å². The van der Waals surface area contributed by atoms with Gasteiger partial charge in [0.05, 0.1) is 13.2 Å². The summed E-state index contributed by atoms with van der Waals surface area (Å²) in [6.45, 7) is 4.24. The van der Waals surface area contributed by atoms with Crippen molar-refractivity contribution in [1.29, 1.82) is 0 Å². The normalized spacial score (nSPS) is 10.2. The maximum Gasteiger partial charge on any atom is 0.120 e. The van der Waals surface area contributed by atoms with Gasteiger partial charge in [0.15, 0.2) is 0 Å². The maximum atomic E-state index is 5.26. The summed E-state index contributed by atoms with van der Waals surface area (Å²) in [7, 11) is 0. The van der Waals surface area contributed by atoms with Crippen LogP contribution in [0.2, 0.25) is 0 Å². The van der Waals surface area contributed by atoms with E-state index in [1.165, 1.54) is 6.42 Å². The van der Waals surface area contributed by atoms with Gasteiger partial charge in [-0.2, -0.15) is 0 Å². The van der Waals surface area contributed by atoms with Crippen LogP contribution in [0.25, 0.3) is 0 Å². The van der Waals surface area contributed by atoms with Crippen LogP contribution in [0.15, 0.2) is 0 Å². The van der Waals surface area contributed by atoms with Gasteiger partial charge in [0.1, 0.15) is 6.07 Å². The third-order valence-electron chi connectivity index (χ3n) is 1.09. The van der Waals surface area contributed by atoms with Gasteiger partial charge in [-0.15, -0.1) is 0 Å². The van der Waals surface area contributed by atoms with Gasteiger partial charge in [-0.05, 0) is 6.42 Å². The van der Waals surface area contributed by atoms with E-state index < -0.39 is 0 Å². The molecule has 0 fully saturated rings. The Morgan fingerprint density at radius 2 is 1.80 bits per heavy atom. The fraction of sp³-hybridized carbons (Fsp3) is 1.00. The highest BCUT2D eigenvalue weighted by Crippen LogP contribution is 1.87. The third-order valence-corrected chi connectivity index (χ3v) is 1.25. The Balaban J connectivity index is 2.65. The molecule has 3 heteroatoms. The quantitative estimate of drug-likeness (QED) is 0.426. The Morgan fingerprint density at radius 3 is 2.40 bits per heavy atom. The maximum absolute atomic E-state index is 5.26. The molecule has 0 saturated carbocycles. The van der Waals surface area contributed by atoms with E-state index >= 15 is 0 Å². The highest BCUT2D eigenvalue weighted by Gasteiger charge is 1.86. The minimum Gasteiger partial charge on any atom is -0.379 e. The van der Waals surface area contributed by atoms with Crippen LogP contribution in [0.4, 0.5) is 0 Å². The van der Waals surface area contributed by atoms with Crippen molar-refractivity contribution >= 4 is 11.6 Å². The van der Waals surface area contributed by atoms with Crippen molar-refractivity contribution in [1.82, 2.24) is 0 Å². The fourth-order valence-electron chi connectivity index (χ4n) is 0.521. The van der Waals surface area contributed by atoms with Crippen LogP contribution in [-0.4, -0.2) is 25.9 Å². The molecule has 0 N–H and O–H groups in total. The topological polar surface area (TPSA) is 18.5 Å². The molecule has 0 bridgehead atoms. The number of ether oxygens (including phenoxy) is 2. The molecule has 62 valence electrons. The van der Waals surface area contributed by atoms with Gasteiger partial charge in [-0.3, -0.25) is 0 Å². The van der Waals surface area contributed by atoms with Crippen molar-refractivity contribution < 1.29 is 9.47 Å². The number of hydrogen-bond donors (Lipinski definition) is 0. The van der Waals surface area contributed by atoms with Crippen LogP contribution >= 0.6 is 11.6 Å². The lowest BCUT2D eigenvalue weighted by molar-refractivity contribution is 0.0630. The first-order chi connectivity index (χ1) is 4.91. The number of unbranched alkanes of at least 4 members (excludes halogenated alkanes) is 1. The second-order valence-corrected chi connectivity index (χ2v) is 2.20. The molecule has 0 rings (SSSR count). The van der Waals surface area contributed by atoms with Crippen molar-refractivity contribution in [2.45, 2.75) is 19.8 Å². The number of rotatable bonds is 7. The van der Waals surface area contributed by atoms with E-state index in [1.54, 1.807) is 0 Å². The molecule has 0 aliphatic rings. The van der Waals surface area contributed by atoms with Crippen LogP contribution in [0.1, 0.15) is 19.8 Å². The van der Waals surface area contributed by atoms with Crippen LogP contribution in [0, 0.1) is 0 Å². The van der Waals surface area contributed by atoms with E-state index in [0.717, 1.165) is 13.0 Å². The van der Waals surface area contributed by atoms with E-state index in [9.17, 15) is 0 Å². The summed E-state index contributed by atoms with van der Waals surface area (Å²) >= 11 is 5.26. The molecule has 0 amide bonds. The molecular formula is C7H15ClO2. The highest BCUT2D eigenvalue weighted by atomic mass is 35.5. The van der Waals surface area contributed by atoms with Crippen molar-refractivity contribution in [2.24, 2.45) is 0 Å². The lowest BCUT2D eigenvalue weighted by atomic mass is 10.4. The lowest BCUT2D eigenvalue weighted by Crippen LogP contribution is -2.03. The Labute approximate surface area is 67.5 Å². The molecule has 2 nitrogen and oxygen atoms in total. The van der Waals surface area contributed by atoms with Gasteiger partial charge in [-0.25, -0.2) is 0 Å². The summed E-state index contributed by atoms with van der Waals surface area (Å²) in [6, 6.07) is 0.261. The Morgan fingerprint density at radius 1 is 1.10 bits per heavy atom. The van der Waals surface area contributed by atoms with E-state index in [0.29, 0.717) is 13.2 Å². The Kier molecular flexibility index (Phi) is 9.40. The minimum absolute atomic E-state index is 0.261. The van der Waals surface area contributed by atoms with Crippen molar-refractivity contribution in [3.8, 4) is 0 Å². The molecule has 0 aliphatic carbocycles. The monoisotopic (exact) mass is 166 g/mol. The first kappa shape index (κ1) is 10.2. The molecule has 0 aliphatic heterocycles. The largest absolute Gasteiger partial charge is 0.379 e. The second kappa shape index (κ2) is 9.21. The number of halogens is 1.